The van der Waals surface area contributed by atoms with Crippen LogP contribution in [0.1, 0.15) is 28.0 Å². The number of hydrogen-bond donors (Lipinski definition) is 1. The molecule has 3 heterocycles. The molecule has 1 amide bonds. The molecule has 3 aromatic rings. The average Bonchev–Trinajstić information content (AvgIpc) is 3.27. The van der Waals surface area contributed by atoms with Crippen molar-refractivity contribution >= 4 is 11.6 Å². The highest BCUT2D eigenvalue weighted by Gasteiger charge is 2.41. The highest BCUT2D eigenvalue weighted by molar-refractivity contribution is 5.99. The molecule has 1 aliphatic rings. The summed E-state index contributed by atoms with van der Waals surface area (Å²) in [6.45, 7) is 3.02. The molecule has 2 aromatic heterocycles. The number of aryl methyl sites for hydroxylation is 1. The summed E-state index contributed by atoms with van der Waals surface area (Å²) in [6, 6.07) is 11.8. The maximum Gasteiger partial charge on any atom is 0.259 e. The molecule has 1 N–H and O–H groups in total. The van der Waals surface area contributed by atoms with Gasteiger partial charge in [-0.1, -0.05) is 30.3 Å². The number of aromatic nitrogens is 3. The Morgan fingerprint density at radius 2 is 2.08 bits per heavy atom. The molecular weight excluding hydrogens is 316 g/mol. The molecule has 128 valence electrons. The monoisotopic (exact) mass is 336 g/mol. The number of fused-ring (bicyclic) bond motifs is 1. The smallest absolute Gasteiger partial charge is 0.259 e. The van der Waals surface area contributed by atoms with Gasteiger partial charge >= 0.3 is 0 Å². The Bertz CT molecular complexity index is 922. The zero-order valence-electron chi connectivity index (χ0n) is 14.1. The van der Waals surface area contributed by atoms with Crippen LogP contribution < -0.4 is 0 Å². The van der Waals surface area contributed by atoms with Crippen LogP contribution in [0.25, 0.3) is 5.65 Å². The third-order valence-corrected chi connectivity index (χ3v) is 5.07. The Morgan fingerprint density at radius 1 is 1.28 bits per heavy atom. The van der Waals surface area contributed by atoms with E-state index in [1.165, 1.54) is 0 Å². The molecule has 0 bridgehead atoms. The second-order valence-electron chi connectivity index (χ2n) is 6.68. The lowest BCUT2D eigenvalue weighted by Gasteiger charge is -2.27. The van der Waals surface area contributed by atoms with Gasteiger partial charge in [-0.3, -0.25) is 4.79 Å². The highest BCUT2D eigenvalue weighted by atomic mass is 16.3. The Kier molecular flexibility index (Phi) is 3.77. The van der Waals surface area contributed by atoms with Crippen molar-refractivity contribution in [2.24, 2.45) is 0 Å². The summed E-state index contributed by atoms with van der Waals surface area (Å²) < 4.78 is 1.62. The van der Waals surface area contributed by atoms with Gasteiger partial charge < -0.3 is 10.0 Å². The minimum atomic E-state index is -0.400. The van der Waals surface area contributed by atoms with Crippen molar-refractivity contribution in [1.82, 2.24) is 19.5 Å². The molecule has 25 heavy (non-hydrogen) atoms. The van der Waals surface area contributed by atoms with Crippen LogP contribution in [0, 0.1) is 6.92 Å². The minimum absolute atomic E-state index is 0.0207. The van der Waals surface area contributed by atoms with E-state index in [1.54, 1.807) is 21.8 Å². The maximum atomic E-state index is 13.0. The SMILES string of the molecule is Cc1ccn2ncc(C(=O)N3CCC(CO)(c4ccccc4)C3)c2n1. The lowest BCUT2D eigenvalue weighted by molar-refractivity contribution is 0.0775. The van der Waals surface area contributed by atoms with Gasteiger partial charge in [-0.2, -0.15) is 5.10 Å². The molecule has 1 unspecified atom stereocenters. The second kappa shape index (κ2) is 5.97. The summed E-state index contributed by atoms with van der Waals surface area (Å²) in [6.07, 6.45) is 4.12. The molecule has 1 aliphatic heterocycles. The van der Waals surface area contributed by atoms with E-state index in [0.29, 0.717) is 24.3 Å². The van der Waals surface area contributed by atoms with Gasteiger partial charge in [-0.05, 0) is 25.0 Å². The van der Waals surface area contributed by atoms with Crippen LogP contribution in [0.5, 0.6) is 0 Å². The van der Waals surface area contributed by atoms with Crippen molar-refractivity contribution < 1.29 is 9.90 Å². The summed E-state index contributed by atoms with van der Waals surface area (Å²) in [5.74, 6) is -0.0839. The number of amides is 1. The molecule has 4 rings (SSSR count). The Morgan fingerprint density at radius 3 is 2.84 bits per heavy atom. The van der Waals surface area contributed by atoms with E-state index in [2.05, 4.69) is 10.1 Å². The Hall–Kier alpha value is -2.73. The van der Waals surface area contributed by atoms with Crippen molar-refractivity contribution in [3.05, 3.63) is 65.6 Å². The average molecular weight is 336 g/mol. The molecule has 1 fully saturated rings. The zero-order chi connectivity index (χ0) is 17.4. The van der Waals surface area contributed by atoms with Gasteiger partial charge in [0.15, 0.2) is 5.65 Å². The van der Waals surface area contributed by atoms with Crippen molar-refractivity contribution in [2.45, 2.75) is 18.8 Å². The second-order valence-corrected chi connectivity index (χ2v) is 6.68. The third kappa shape index (κ3) is 2.59. The minimum Gasteiger partial charge on any atom is -0.395 e. The van der Waals surface area contributed by atoms with Gasteiger partial charge in [0.25, 0.3) is 5.91 Å². The number of rotatable bonds is 3. The number of aliphatic hydroxyl groups is 1. The lowest BCUT2D eigenvalue weighted by Crippen LogP contribution is -2.37. The van der Waals surface area contributed by atoms with Gasteiger partial charge in [0.05, 0.1) is 12.8 Å². The van der Waals surface area contributed by atoms with E-state index in [4.69, 9.17) is 0 Å². The number of carbonyl (C=O) groups is 1. The number of benzene rings is 1. The van der Waals surface area contributed by atoms with Gasteiger partial charge in [0.2, 0.25) is 0 Å². The molecule has 1 atom stereocenters. The maximum absolute atomic E-state index is 13.0. The number of carbonyl (C=O) groups excluding carboxylic acids is 1. The first-order valence-electron chi connectivity index (χ1n) is 8.40. The molecule has 0 spiro atoms. The summed E-state index contributed by atoms with van der Waals surface area (Å²) in [4.78, 5) is 19.3. The first-order chi connectivity index (χ1) is 12.1. The van der Waals surface area contributed by atoms with E-state index in [-0.39, 0.29) is 12.5 Å². The summed E-state index contributed by atoms with van der Waals surface area (Å²) in [7, 11) is 0. The van der Waals surface area contributed by atoms with Crippen molar-refractivity contribution in [1.29, 1.82) is 0 Å². The van der Waals surface area contributed by atoms with Crippen LogP contribution in [0.3, 0.4) is 0 Å². The van der Waals surface area contributed by atoms with Crippen molar-refractivity contribution in [2.75, 3.05) is 19.7 Å². The van der Waals surface area contributed by atoms with Crippen molar-refractivity contribution in [3.8, 4) is 0 Å². The molecule has 0 radical (unpaired) electrons. The number of likely N-dealkylation sites (tertiary alicyclic amines) is 1. The number of aliphatic hydroxyl groups excluding tert-OH is 1. The molecular formula is C19H20N4O2. The van der Waals surface area contributed by atoms with E-state index in [9.17, 15) is 9.90 Å². The van der Waals surface area contributed by atoms with Crippen LogP contribution >= 0.6 is 0 Å². The van der Waals surface area contributed by atoms with E-state index < -0.39 is 5.41 Å². The zero-order valence-corrected chi connectivity index (χ0v) is 14.1. The van der Waals surface area contributed by atoms with Crippen LogP contribution in [0.2, 0.25) is 0 Å². The van der Waals surface area contributed by atoms with Crippen LogP contribution in [-0.4, -0.2) is 50.2 Å². The van der Waals surface area contributed by atoms with Crippen LogP contribution in [-0.2, 0) is 5.41 Å². The van der Waals surface area contributed by atoms with Crippen LogP contribution in [0.4, 0.5) is 0 Å². The fraction of sp³-hybridized carbons (Fsp3) is 0.316. The van der Waals surface area contributed by atoms with Gasteiger partial charge in [-0.25, -0.2) is 9.50 Å². The summed E-state index contributed by atoms with van der Waals surface area (Å²) in [5.41, 5.74) is 2.60. The topological polar surface area (TPSA) is 70.7 Å². The largest absolute Gasteiger partial charge is 0.395 e. The fourth-order valence-electron chi connectivity index (χ4n) is 3.57. The summed E-state index contributed by atoms with van der Waals surface area (Å²) >= 11 is 0. The fourth-order valence-corrected chi connectivity index (χ4v) is 3.57. The summed E-state index contributed by atoms with van der Waals surface area (Å²) in [5, 5.41) is 14.3. The lowest BCUT2D eigenvalue weighted by atomic mass is 9.80. The molecule has 6 heteroatoms. The first kappa shape index (κ1) is 15.8. The van der Waals surface area contributed by atoms with E-state index in [1.807, 2.05) is 43.3 Å². The Balaban J connectivity index is 1.64. The third-order valence-electron chi connectivity index (χ3n) is 5.07. The first-order valence-corrected chi connectivity index (χ1v) is 8.40. The standard InChI is InChI=1S/C19H20N4O2/c1-14-7-9-23-17(21-14)16(11-20-23)18(25)22-10-8-19(12-22,13-24)15-5-3-2-4-6-15/h2-7,9,11,24H,8,10,12-13H2,1H3. The quantitative estimate of drug-likeness (QED) is 0.792. The number of hydrogen-bond acceptors (Lipinski definition) is 4. The van der Waals surface area contributed by atoms with Gasteiger partial charge in [0, 0.05) is 30.4 Å². The van der Waals surface area contributed by atoms with Crippen LogP contribution in [0.15, 0.2) is 48.8 Å². The van der Waals surface area contributed by atoms with Gasteiger partial charge in [0.1, 0.15) is 5.56 Å². The number of nitrogens with zero attached hydrogens (tertiary/aromatic N) is 4. The van der Waals surface area contributed by atoms with Crippen molar-refractivity contribution in [3.63, 3.8) is 0 Å². The molecule has 1 aromatic carbocycles. The molecule has 0 aliphatic carbocycles. The molecule has 0 saturated carbocycles. The van der Waals surface area contributed by atoms with E-state index >= 15 is 0 Å². The van der Waals surface area contributed by atoms with E-state index in [0.717, 1.165) is 17.7 Å². The predicted octanol–water partition coefficient (Wildman–Crippen LogP) is 1.81. The Labute approximate surface area is 145 Å². The predicted molar refractivity (Wildman–Crippen MR) is 93.5 cm³/mol. The molecule has 6 nitrogen and oxygen atoms in total. The molecule has 1 saturated heterocycles. The normalized spacial score (nSPS) is 20.3. The highest BCUT2D eigenvalue weighted by Crippen LogP contribution is 2.35. The van der Waals surface area contributed by atoms with Gasteiger partial charge in [-0.15, -0.1) is 0 Å².